The Hall–Kier alpha value is -1.10. The number of amides is 3. The molecule has 1 saturated carbocycles. The van der Waals surface area contributed by atoms with Crippen molar-refractivity contribution in [1.82, 2.24) is 10.6 Å². The minimum atomic E-state index is -0.793. The molecule has 0 aromatic heterocycles. The minimum Gasteiger partial charge on any atom is -0.351 e. The third-order valence-electron chi connectivity index (χ3n) is 2.75. The monoisotopic (exact) mass is 213 g/mol. The first-order chi connectivity index (χ1) is 7.08. The molecule has 0 heterocycles. The van der Waals surface area contributed by atoms with Crippen LogP contribution in [0.5, 0.6) is 0 Å². The first kappa shape index (κ1) is 12.0. The van der Waals surface area contributed by atoms with Crippen molar-refractivity contribution in [3.05, 3.63) is 0 Å². The molecular formula is C10H19N3O2. The van der Waals surface area contributed by atoms with Gasteiger partial charge in [-0.25, -0.2) is 4.79 Å². The van der Waals surface area contributed by atoms with E-state index in [0.717, 1.165) is 18.8 Å². The van der Waals surface area contributed by atoms with E-state index in [2.05, 4.69) is 12.2 Å². The van der Waals surface area contributed by atoms with Gasteiger partial charge in [0, 0.05) is 6.04 Å². The Morgan fingerprint density at radius 1 is 1.40 bits per heavy atom. The Bertz CT molecular complexity index is 243. The van der Waals surface area contributed by atoms with Crippen LogP contribution < -0.4 is 16.4 Å². The number of rotatable bonds is 3. The fraction of sp³-hybridized carbons (Fsp3) is 0.800. The highest BCUT2D eigenvalue weighted by Gasteiger charge is 2.18. The number of hydrogen-bond donors (Lipinski definition) is 3. The molecule has 2 atom stereocenters. The zero-order valence-corrected chi connectivity index (χ0v) is 9.08. The molecule has 1 fully saturated rings. The van der Waals surface area contributed by atoms with Crippen molar-refractivity contribution in [1.29, 1.82) is 0 Å². The van der Waals surface area contributed by atoms with Gasteiger partial charge in [-0.2, -0.15) is 0 Å². The molecule has 4 N–H and O–H groups in total. The van der Waals surface area contributed by atoms with Crippen LogP contribution in [-0.2, 0) is 4.79 Å². The number of hydrogen-bond acceptors (Lipinski definition) is 3. The topological polar surface area (TPSA) is 84.2 Å². The fourth-order valence-corrected chi connectivity index (χ4v) is 2.04. The predicted molar refractivity (Wildman–Crippen MR) is 57.1 cm³/mol. The minimum absolute atomic E-state index is 0.167. The summed E-state index contributed by atoms with van der Waals surface area (Å²) < 4.78 is 0. The number of nitrogens with one attached hydrogen (secondary N) is 2. The number of primary amides is 1. The van der Waals surface area contributed by atoms with E-state index in [-0.39, 0.29) is 12.5 Å². The lowest BCUT2D eigenvalue weighted by Crippen LogP contribution is -2.44. The molecule has 1 aliphatic rings. The second kappa shape index (κ2) is 5.70. The highest BCUT2D eigenvalue weighted by atomic mass is 16.2. The van der Waals surface area contributed by atoms with Crippen molar-refractivity contribution in [2.75, 3.05) is 6.54 Å². The Morgan fingerprint density at radius 2 is 2.13 bits per heavy atom. The number of carbonyl (C=O) groups is 2. The molecule has 5 nitrogen and oxygen atoms in total. The van der Waals surface area contributed by atoms with Gasteiger partial charge in [-0.15, -0.1) is 0 Å². The molecule has 0 radical (unpaired) electrons. The van der Waals surface area contributed by atoms with Crippen LogP contribution in [0.3, 0.4) is 0 Å². The molecule has 0 bridgehead atoms. The average Bonchev–Trinajstić information content (AvgIpc) is 2.14. The van der Waals surface area contributed by atoms with Gasteiger partial charge in [0.25, 0.3) is 0 Å². The predicted octanol–water partition coefficient (Wildman–Crippen LogP) is 0.350. The summed E-state index contributed by atoms with van der Waals surface area (Å²) in [5.41, 5.74) is 4.83. The number of nitrogens with two attached hydrogens (primary N) is 1. The molecule has 86 valence electrons. The lowest BCUT2D eigenvalue weighted by Gasteiger charge is -2.27. The van der Waals surface area contributed by atoms with Gasteiger partial charge < -0.3 is 11.1 Å². The third kappa shape index (κ3) is 4.78. The van der Waals surface area contributed by atoms with E-state index in [1.165, 1.54) is 12.8 Å². The SMILES string of the molecule is CC1CCCC(NCC(=O)NC(N)=O)C1. The van der Waals surface area contributed by atoms with Gasteiger partial charge >= 0.3 is 6.03 Å². The van der Waals surface area contributed by atoms with E-state index in [0.29, 0.717) is 6.04 Å². The van der Waals surface area contributed by atoms with Crippen LogP contribution in [0, 0.1) is 5.92 Å². The summed E-state index contributed by atoms with van der Waals surface area (Å²) >= 11 is 0. The van der Waals surface area contributed by atoms with Gasteiger partial charge in [0.15, 0.2) is 0 Å². The van der Waals surface area contributed by atoms with Crippen molar-refractivity contribution < 1.29 is 9.59 Å². The van der Waals surface area contributed by atoms with Gasteiger partial charge in [-0.3, -0.25) is 10.1 Å². The zero-order chi connectivity index (χ0) is 11.3. The van der Waals surface area contributed by atoms with E-state index in [9.17, 15) is 9.59 Å². The average molecular weight is 213 g/mol. The van der Waals surface area contributed by atoms with Crippen LogP contribution in [0.25, 0.3) is 0 Å². The Kier molecular flexibility index (Phi) is 4.55. The van der Waals surface area contributed by atoms with Crippen LogP contribution in [0.2, 0.25) is 0 Å². The molecule has 15 heavy (non-hydrogen) atoms. The van der Waals surface area contributed by atoms with Crippen LogP contribution in [0.1, 0.15) is 32.6 Å². The van der Waals surface area contributed by atoms with Crippen molar-refractivity contribution in [3.8, 4) is 0 Å². The molecule has 0 saturated heterocycles. The van der Waals surface area contributed by atoms with Crippen LogP contribution in [0.4, 0.5) is 4.79 Å². The highest BCUT2D eigenvalue weighted by molar-refractivity contribution is 5.94. The smallest absolute Gasteiger partial charge is 0.318 e. The maximum absolute atomic E-state index is 11.1. The fourth-order valence-electron chi connectivity index (χ4n) is 2.04. The second-order valence-electron chi connectivity index (χ2n) is 4.26. The zero-order valence-electron chi connectivity index (χ0n) is 9.08. The normalized spacial score (nSPS) is 25.9. The summed E-state index contributed by atoms with van der Waals surface area (Å²) in [6.07, 6.45) is 4.68. The summed E-state index contributed by atoms with van der Waals surface area (Å²) in [5, 5.41) is 5.17. The first-order valence-electron chi connectivity index (χ1n) is 5.40. The second-order valence-corrected chi connectivity index (χ2v) is 4.26. The number of urea groups is 1. The Morgan fingerprint density at radius 3 is 2.73 bits per heavy atom. The van der Waals surface area contributed by atoms with Crippen LogP contribution in [-0.4, -0.2) is 24.5 Å². The molecular weight excluding hydrogens is 194 g/mol. The van der Waals surface area contributed by atoms with Gasteiger partial charge in [0.1, 0.15) is 0 Å². The number of imide groups is 1. The molecule has 2 unspecified atom stereocenters. The summed E-state index contributed by atoms with van der Waals surface area (Å²) in [6, 6.07) is -0.397. The summed E-state index contributed by atoms with van der Waals surface area (Å²) in [5.74, 6) is 0.358. The van der Waals surface area contributed by atoms with E-state index in [1.807, 2.05) is 5.32 Å². The lowest BCUT2D eigenvalue weighted by molar-refractivity contribution is -0.119. The van der Waals surface area contributed by atoms with Crippen LogP contribution in [0.15, 0.2) is 0 Å². The van der Waals surface area contributed by atoms with Crippen molar-refractivity contribution >= 4 is 11.9 Å². The third-order valence-corrected chi connectivity index (χ3v) is 2.75. The molecule has 3 amide bonds. The standard InChI is InChI=1S/C10H19N3O2/c1-7-3-2-4-8(5-7)12-6-9(14)13-10(11)15/h7-8,12H,2-6H2,1H3,(H3,11,13,14,15). The maximum atomic E-state index is 11.1. The molecule has 0 aromatic rings. The molecule has 5 heteroatoms. The van der Waals surface area contributed by atoms with Crippen molar-refractivity contribution in [3.63, 3.8) is 0 Å². The van der Waals surface area contributed by atoms with Crippen molar-refractivity contribution in [2.45, 2.75) is 38.6 Å². The summed E-state index contributed by atoms with van der Waals surface area (Å²) in [4.78, 5) is 21.5. The molecule has 0 aromatic carbocycles. The van der Waals surface area contributed by atoms with E-state index in [4.69, 9.17) is 5.73 Å². The maximum Gasteiger partial charge on any atom is 0.318 e. The molecule has 1 rings (SSSR count). The largest absolute Gasteiger partial charge is 0.351 e. The Balaban J connectivity index is 2.18. The molecule has 0 spiro atoms. The molecule has 1 aliphatic carbocycles. The van der Waals surface area contributed by atoms with E-state index in [1.54, 1.807) is 0 Å². The van der Waals surface area contributed by atoms with Crippen molar-refractivity contribution in [2.24, 2.45) is 11.7 Å². The Labute approximate surface area is 89.8 Å². The van der Waals surface area contributed by atoms with Gasteiger partial charge in [0.2, 0.25) is 5.91 Å². The van der Waals surface area contributed by atoms with Gasteiger partial charge in [-0.05, 0) is 18.8 Å². The quantitative estimate of drug-likeness (QED) is 0.632. The summed E-state index contributed by atoms with van der Waals surface area (Å²) in [6.45, 7) is 2.39. The van der Waals surface area contributed by atoms with E-state index >= 15 is 0 Å². The van der Waals surface area contributed by atoms with Gasteiger partial charge in [0.05, 0.1) is 6.54 Å². The van der Waals surface area contributed by atoms with Gasteiger partial charge in [-0.1, -0.05) is 19.8 Å². The lowest BCUT2D eigenvalue weighted by atomic mass is 9.87. The first-order valence-corrected chi connectivity index (χ1v) is 5.40. The number of carbonyl (C=O) groups excluding carboxylic acids is 2. The summed E-state index contributed by atoms with van der Waals surface area (Å²) in [7, 11) is 0. The van der Waals surface area contributed by atoms with Crippen LogP contribution >= 0.6 is 0 Å². The highest BCUT2D eigenvalue weighted by Crippen LogP contribution is 2.23. The van der Waals surface area contributed by atoms with E-state index < -0.39 is 6.03 Å². The molecule has 0 aliphatic heterocycles.